The van der Waals surface area contributed by atoms with Gasteiger partial charge in [-0.3, -0.25) is 0 Å². The summed E-state index contributed by atoms with van der Waals surface area (Å²) in [6.07, 6.45) is 3.84. The number of benzene rings is 1. The van der Waals surface area contributed by atoms with Crippen LogP contribution >= 0.6 is 0 Å². The minimum atomic E-state index is -0.944. The monoisotopic (exact) mass is 277 g/mol. The van der Waals surface area contributed by atoms with Gasteiger partial charge in [-0.25, -0.2) is 4.79 Å². The summed E-state index contributed by atoms with van der Waals surface area (Å²) < 4.78 is 5.68. The van der Waals surface area contributed by atoms with Gasteiger partial charge in [0.05, 0.1) is 0 Å². The van der Waals surface area contributed by atoms with Crippen LogP contribution in [0, 0.1) is 0 Å². The van der Waals surface area contributed by atoms with Gasteiger partial charge in [-0.15, -0.1) is 0 Å². The van der Waals surface area contributed by atoms with Crippen LogP contribution in [0.2, 0.25) is 0 Å². The standard InChI is InChI=1S/C16H23NO3/c1-3-11-17(4-2)12-13-20-15-8-5-14(6-9-15)7-10-16(18)19/h5-10H,3-4,11-13H2,1-2H3,(H,18,19). The predicted octanol–water partition coefficient (Wildman–Crippen LogP) is 2.90. The van der Waals surface area contributed by atoms with Gasteiger partial charge in [0.15, 0.2) is 0 Å². The second-order valence-corrected chi connectivity index (χ2v) is 4.52. The summed E-state index contributed by atoms with van der Waals surface area (Å²) in [5, 5.41) is 8.55. The Balaban J connectivity index is 2.40. The minimum absolute atomic E-state index is 0.665. The Kier molecular flexibility index (Phi) is 7.43. The molecule has 1 aromatic rings. The number of carboxylic acid groups (broad SMARTS) is 1. The lowest BCUT2D eigenvalue weighted by atomic mass is 10.2. The zero-order chi connectivity index (χ0) is 14.8. The maximum Gasteiger partial charge on any atom is 0.328 e. The van der Waals surface area contributed by atoms with Crippen molar-refractivity contribution in [3.05, 3.63) is 35.9 Å². The number of hydrogen-bond acceptors (Lipinski definition) is 3. The van der Waals surface area contributed by atoms with Crippen molar-refractivity contribution in [2.45, 2.75) is 20.3 Å². The molecule has 4 nitrogen and oxygen atoms in total. The van der Waals surface area contributed by atoms with E-state index in [0.29, 0.717) is 6.61 Å². The van der Waals surface area contributed by atoms with Crippen LogP contribution in [0.4, 0.5) is 0 Å². The Hall–Kier alpha value is -1.81. The third kappa shape index (κ3) is 6.38. The highest BCUT2D eigenvalue weighted by molar-refractivity contribution is 5.85. The SMILES string of the molecule is CCCN(CC)CCOc1ccc(C=CC(=O)O)cc1. The van der Waals surface area contributed by atoms with Crippen LogP contribution in [0.3, 0.4) is 0 Å². The van der Waals surface area contributed by atoms with Gasteiger partial charge in [0.25, 0.3) is 0 Å². The first-order chi connectivity index (χ1) is 9.65. The number of carboxylic acids is 1. The molecule has 0 saturated heterocycles. The smallest absolute Gasteiger partial charge is 0.328 e. The second kappa shape index (κ2) is 9.15. The molecule has 0 bridgehead atoms. The van der Waals surface area contributed by atoms with Gasteiger partial charge in [0.1, 0.15) is 12.4 Å². The molecule has 0 amide bonds. The molecular formula is C16H23NO3. The molecule has 0 spiro atoms. The van der Waals surface area contributed by atoms with Crippen LogP contribution in [-0.4, -0.2) is 42.2 Å². The predicted molar refractivity (Wildman–Crippen MR) is 81.0 cm³/mol. The normalized spacial score (nSPS) is 11.2. The highest BCUT2D eigenvalue weighted by Gasteiger charge is 2.01. The van der Waals surface area contributed by atoms with E-state index >= 15 is 0 Å². The Labute approximate surface area is 120 Å². The number of hydrogen-bond donors (Lipinski definition) is 1. The zero-order valence-electron chi connectivity index (χ0n) is 12.2. The summed E-state index contributed by atoms with van der Waals surface area (Å²) in [6.45, 7) is 8.05. The second-order valence-electron chi connectivity index (χ2n) is 4.52. The quantitative estimate of drug-likeness (QED) is 0.705. The number of ether oxygens (including phenoxy) is 1. The fraction of sp³-hybridized carbons (Fsp3) is 0.438. The number of aliphatic carboxylic acids is 1. The molecule has 0 aliphatic rings. The van der Waals surface area contributed by atoms with E-state index in [9.17, 15) is 4.79 Å². The van der Waals surface area contributed by atoms with E-state index in [4.69, 9.17) is 9.84 Å². The van der Waals surface area contributed by atoms with Gasteiger partial charge in [0.2, 0.25) is 0 Å². The molecule has 20 heavy (non-hydrogen) atoms. The van der Waals surface area contributed by atoms with Crippen LogP contribution < -0.4 is 4.74 Å². The molecule has 1 aromatic carbocycles. The van der Waals surface area contributed by atoms with Crippen molar-refractivity contribution in [3.8, 4) is 5.75 Å². The Morgan fingerprint density at radius 1 is 1.25 bits per heavy atom. The van der Waals surface area contributed by atoms with Gasteiger partial charge in [-0.2, -0.15) is 0 Å². The minimum Gasteiger partial charge on any atom is -0.492 e. The molecule has 0 radical (unpaired) electrons. The maximum atomic E-state index is 10.4. The fourth-order valence-corrected chi connectivity index (χ4v) is 1.88. The molecule has 0 saturated carbocycles. The van der Waals surface area contributed by atoms with E-state index in [1.165, 1.54) is 0 Å². The van der Waals surface area contributed by atoms with E-state index in [1.54, 1.807) is 6.08 Å². The maximum absolute atomic E-state index is 10.4. The van der Waals surface area contributed by atoms with Crippen molar-refractivity contribution in [3.63, 3.8) is 0 Å². The zero-order valence-corrected chi connectivity index (χ0v) is 12.2. The summed E-state index contributed by atoms with van der Waals surface area (Å²) in [5.41, 5.74) is 0.848. The van der Waals surface area contributed by atoms with Gasteiger partial charge >= 0.3 is 5.97 Å². The molecule has 1 N–H and O–H groups in total. The molecular weight excluding hydrogens is 254 g/mol. The summed E-state index contributed by atoms with van der Waals surface area (Å²) in [5.74, 6) is -0.133. The molecule has 0 heterocycles. The van der Waals surface area contributed by atoms with Gasteiger partial charge in [-0.1, -0.05) is 26.0 Å². The molecule has 0 fully saturated rings. The van der Waals surface area contributed by atoms with E-state index in [2.05, 4.69) is 18.7 Å². The number of rotatable bonds is 9. The third-order valence-electron chi connectivity index (χ3n) is 2.96. The van der Waals surface area contributed by atoms with E-state index < -0.39 is 5.97 Å². The van der Waals surface area contributed by atoms with Gasteiger partial charge in [0, 0.05) is 12.6 Å². The molecule has 0 aliphatic carbocycles. The number of carbonyl (C=O) groups is 1. The molecule has 0 aromatic heterocycles. The molecule has 110 valence electrons. The van der Waals surface area contributed by atoms with E-state index in [1.807, 2.05) is 24.3 Å². The Morgan fingerprint density at radius 2 is 1.95 bits per heavy atom. The highest BCUT2D eigenvalue weighted by Crippen LogP contribution is 2.13. The van der Waals surface area contributed by atoms with Crippen molar-refractivity contribution in [1.82, 2.24) is 4.90 Å². The molecule has 0 aliphatic heterocycles. The lowest BCUT2D eigenvalue weighted by molar-refractivity contribution is -0.131. The highest BCUT2D eigenvalue weighted by atomic mass is 16.5. The largest absolute Gasteiger partial charge is 0.492 e. The Morgan fingerprint density at radius 3 is 2.50 bits per heavy atom. The third-order valence-corrected chi connectivity index (χ3v) is 2.96. The Bertz CT molecular complexity index is 426. The van der Waals surface area contributed by atoms with E-state index in [0.717, 1.165) is 43.4 Å². The fourth-order valence-electron chi connectivity index (χ4n) is 1.88. The summed E-state index contributed by atoms with van der Waals surface area (Å²) >= 11 is 0. The lowest BCUT2D eigenvalue weighted by Gasteiger charge is -2.19. The van der Waals surface area contributed by atoms with Crippen LogP contribution in [0.15, 0.2) is 30.3 Å². The molecule has 1 rings (SSSR count). The first-order valence-electron chi connectivity index (χ1n) is 7.02. The van der Waals surface area contributed by atoms with Crippen molar-refractivity contribution in [2.24, 2.45) is 0 Å². The topological polar surface area (TPSA) is 49.8 Å². The molecule has 4 heteroatoms. The first-order valence-corrected chi connectivity index (χ1v) is 7.02. The summed E-state index contributed by atoms with van der Waals surface area (Å²) in [6, 6.07) is 7.41. The van der Waals surface area contributed by atoms with Gasteiger partial charge < -0.3 is 14.7 Å². The molecule has 0 atom stereocenters. The van der Waals surface area contributed by atoms with Crippen molar-refractivity contribution < 1.29 is 14.6 Å². The summed E-state index contributed by atoms with van der Waals surface area (Å²) in [4.78, 5) is 12.8. The van der Waals surface area contributed by atoms with Crippen LogP contribution in [-0.2, 0) is 4.79 Å². The number of nitrogens with zero attached hydrogens (tertiary/aromatic N) is 1. The number of likely N-dealkylation sites (N-methyl/N-ethyl adjacent to an activating group) is 1. The van der Waals surface area contributed by atoms with Crippen molar-refractivity contribution >= 4 is 12.0 Å². The van der Waals surface area contributed by atoms with Gasteiger partial charge in [-0.05, 0) is 43.3 Å². The average molecular weight is 277 g/mol. The van der Waals surface area contributed by atoms with Crippen molar-refractivity contribution in [1.29, 1.82) is 0 Å². The average Bonchev–Trinajstić information content (AvgIpc) is 2.45. The van der Waals surface area contributed by atoms with Crippen LogP contribution in [0.1, 0.15) is 25.8 Å². The van der Waals surface area contributed by atoms with E-state index in [-0.39, 0.29) is 0 Å². The van der Waals surface area contributed by atoms with Crippen LogP contribution in [0.25, 0.3) is 6.08 Å². The summed E-state index contributed by atoms with van der Waals surface area (Å²) in [7, 11) is 0. The first kappa shape index (κ1) is 16.2. The van der Waals surface area contributed by atoms with Crippen molar-refractivity contribution in [2.75, 3.05) is 26.2 Å². The van der Waals surface area contributed by atoms with Crippen LogP contribution in [0.5, 0.6) is 5.75 Å². The molecule has 0 unspecified atom stereocenters. The lowest BCUT2D eigenvalue weighted by Crippen LogP contribution is -2.28.